The number of nitrogens with zero attached hydrogens (tertiary/aromatic N) is 1. The number of alkyl halides is 4. The Morgan fingerprint density at radius 1 is 1.73 bits per heavy atom. The summed E-state index contributed by atoms with van der Waals surface area (Å²) in [6.45, 7) is -1.01. The fourth-order valence-electron chi connectivity index (χ4n) is 0.439. The third-order valence-electron chi connectivity index (χ3n) is 0.959. The van der Waals surface area contributed by atoms with Gasteiger partial charge in [0.2, 0.25) is 12.0 Å². The summed E-state index contributed by atoms with van der Waals surface area (Å²) in [4.78, 5) is 10.5. The van der Waals surface area contributed by atoms with Crippen molar-refractivity contribution in [3.8, 4) is 0 Å². The molecule has 11 heavy (non-hydrogen) atoms. The predicted octanol–water partition coefficient (Wildman–Crippen LogP) is 1.24. The molecule has 0 N–H and O–H groups in total. The van der Waals surface area contributed by atoms with Crippen LogP contribution in [0.3, 0.4) is 0 Å². The number of rotatable bonds is 4. The summed E-state index contributed by atoms with van der Waals surface area (Å²) >= 11 is 4.51. The number of hydrogen-bond acceptors (Lipinski definition) is 1. The monoisotopic (exact) mass is 189 g/mol. The molecule has 0 spiro atoms. The van der Waals surface area contributed by atoms with Gasteiger partial charge in [-0.1, -0.05) is 11.6 Å². The lowest BCUT2D eigenvalue weighted by Gasteiger charge is -2.20. The molecule has 0 aliphatic rings. The molecule has 0 rings (SSSR count). The van der Waals surface area contributed by atoms with Crippen LogP contribution in [0, 0.1) is 0 Å². The summed E-state index contributed by atoms with van der Waals surface area (Å²) in [6, 6.07) is 0. The van der Waals surface area contributed by atoms with E-state index in [2.05, 4.69) is 11.6 Å². The van der Waals surface area contributed by atoms with Crippen molar-refractivity contribution in [2.24, 2.45) is 0 Å². The minimum atomic E-state index is -3.68. The molecule has 0 bridgehead atoms. The summed E-state index contributed by atoms with van der Waals surface area (Å²) < 4.78 is 36.4. The number of hydrogen-bond donors (Lipinski definition) is 0. The SMILES string of the molecule is CN(C=O)CC(F)(F)C(F)Cl. The molecule has 0 aromatic rings. The lowest BCUT2D eigenvalue weighted by Crippen LogP contribution is -2.38. The van der Waals surface area contributed by atoms with Gasteiger partial charge in [0.05, 0.1) is 6.54 Å². The molecule has 0 saturated carbocycles. The van der Waals surface area contributed by atoms with Crippen molar-refractivity contribution >= 4 is 18.0 Å². The summed E-state index contributed by atoms with van der Waals surface area (Å²) in [5, 5.41) is 0. The van der Waals surface area contributed by atoms with Crippen LogP contribution in [0.4, 0.5) is 13.2 Å². The Hall–Kier alpha value is -0.450. The molecule has 2 nitrogen and oxygen atoms in total. The van der Waals surface area contributed by atoms with Gasteiger partial charge in [0, 0.05) is 7.05 Å². The van der Waals surface area contributed by atoms with Gasteiger partial charge in [-0.05, 0) is 0 Å². The van der Waals surface area contributed by atoms with Crippen LogP contribution in [0.1, 0.15) is 0 Å². The Labute approximate surface area is 66.9 Å². The van der Waals surface area contributed by atoms with E-state index in [4.69, 9.17) is 0 Å². The van der Waals surface area contributed by atoms with Gasteiger partial charge < -0.3 is 4.90 Å². The minimum Gasteiger partial charge on any atom is -0.342 e. The Morgan fingerprint density at radius 3 is 2.45 bits per heavy atom. The quantitative estimate of drug-likeness (QED) is 0.481. The molecule has 0 aliphatic carbocycles. The Morgan fingerprint density at radius 2 is 2.18 bits per heavy atom. The zero-order valence-electron chi connectivity index (χ0n) is 5.73. The molecule has 0 heterocycles. The first-order valence-electron chi connectivity index (χ1n) is 2.71. The highest BCUT2D eigenvalue weighted by molar-refractivity contribution is 6.20. The molecule has 0 radical (unpaired) electrons. The molecule has 0 saturated heterocycles. The zero-order chi connectivity index (χ0) is 9.07. The van der Waals surface area contributed by atoms with Gasteiger partial charge >= 0.3 is 5.92 Å². The molecular formula is C5H7ClF3NO. The van der Waals surface area contributed by atoms with Gasteiger partial charge in [-0.25, -0.2) is 4.39 Å². The largest absolute Gasteiger partial charge is 0.342 e. The van der Waals surface area contributed by atoms with Gasteiger partial charge in [-0.15, -0.1) is 0 Å². The van der Waals surface area contributed by atoms with Crippen molar-refractivity contribution in [3.63, 3.8) is 0 Å². The Kier molecular flexibility index (Phi) is 3.65. The van der Waals surface area contributed by atoms with E-state index in [1.54, 1.807) is 0 Å². The van der Waals surface area contributed by atoms with Crippen molar-refractivity contribution in [1.29, 1.82) is 0 Å². The average molecular weight is 190 g/mol. The van der Waals surface area contributed by atoms with Gasteiger partial charge in [-0.2, -0.15) is 8.78 Å². The van der Waals surface area contributed by atoms with E-state index in [0.717, 1.165) is 7.05 Å². The first-order valence-corrected chi connectivity index (χ1v) is 3.15. The Bertz CT molecular complexity index is 142. The van der Waals surface area contributed by atoms with Crippen LogP contribution in [0.5, 0.6) is 0 Å². The van der Waals surface area contributed by atoms with E-state index in [1.807, 2.05) is 0 Å². The van der Waals surface area contributed by atoms with Gasteiger partial charge in [0.15, 0.2) is 0 Å². The van der Waals surface area contributed by atoms with E-state index in [0.29, 0.717) is 4.90 Å². The normalized spacial score (nSPS) is 14.3. The molecule has 0 fully saturated rings. The summed E-state index contributed by atoms with van der Waals surface area (Å²) in [5.41, 5.74) is -2.76. The lowest BCUT2D eigenvalue weighted by atomic mass is 10.3. The maximum Gasteiger partial charge on any atom is 0.309 e. The molecule has 0 aromatic carbocycles. The van der Waals surface area contributed by atoms with Crippen molar-refractivity contribution in [2.75, 3.05) is 13.6 Å². The van der Waals surface area contributed by atoms with E-state index in [1.165, 1.54) is 0 Å². The van der Waals surface area contributed by atoms with E-state index >= 15 is 0 Å². The van der Waals surface area contributed by atoms with E-state index in [9.17, 15) is 18.0 Å². The van der Waals surface area contributed by atoms with Crippen LogP contribution in [-0.4, -0.2) is 36.5 Å². The third kappa shape index (κ3) is 3.46. The third-order valence-corrected chi connectivity index (χ3v) is 1.28. The number of halogens is 4. The van der Waals surface area contributed by atoms with Gasteiger partial charge in [0.1, 0.15) is 0 Å². The van der Waals surface area contributed by atoms with Crippen LogP contribution in [0.15, 0.2) is 0 Å². The Balaban J connectivity index is 4.00. The maximum absolute atomic E-state index is 12.3. The highest BCUT2D eigenvalue weighted by Gasteiger charge is 2.39. The van der Waals surface area contributed by atoms with Crippen LogP contribution in [-0.2, 0) is 4.79 Å². The molecule has 66 valence electrons. The number of carbonyl (C=O) groups excluding carboxylic acids is 1. The molecular weight excluding hydrogens is 183 g/mol. The predicted molar refractivity (Wildman–Crippen MR) is 34.4 cm³/mol. The first-order chi connectivity index (χ1) is 4.90. The van der Waals surface area contributed by atoms with Crippen LogP contribution >= 0.6 is 11.6 Å². The summed E-state index contributed by atoms with van der Waals surface area (Å²) in [7, 11) is 1.11. The second-order valence-electron chi connectivity index (χ2n) is 2.08. The van der Waals surface area contributed by atoms with E-state index in [-0.39, 0.29) is 6.41 Å². The molecule has 0 aliphatic heterocycles. The second-order valence-corrected chi connectivity index (χ2v) is 2.47. The van der Waals surface area contributed by atoms with Crippen LogP contribution in [0.2, 0.25) is 0 Å². The zero-order valence-corrected chi connectivity index (χ0v) is 6.49. The van der Waals surface area contributed by atoms with Crippen molar-refractivity contribution in [3.05, 3.63) is 0 Å². The fourth-order valence-corrected chi connectivity index (χ4v) is 0.508. The topological polar surface area (TPSA) is 20.3 Å². The fraction of sp³-hybridized carbons (Fsp3) is 0.800. The van der Waals surface area contributed by atoms with Crippen molar-refractivity contribution in [1.82, 2.24) is 4.90 Å². The lowest BCUT2D eigenvalue weighted by molar-refractivity contribution is -0.124. The molecule has 1 unspecified atom stereocenters. The van der Waals surface area contributed by atoms with Crippen LogP contribution < -0.4 is 0 Å². The molecule has 1 atom stereocenters. The molecule has 0 aromatic heterocycles. The van der Waals surface area contributed by atoms with Gasteiger partial charge in [0.25, 0.3) is 0 Å². The number of amides is 1. The smallest absolute Gasteiger partial charge is 0.309 e. The highest BCUT2D eigenvalue weighted by Crippen LogP contribution is 2.24. The molecule has 1 amide bonds. The average Bonchev–Trinajstić information content (AvgIpc) is 1.86. The van der Waals surface area contributed by atoms with Crippen molar-refractivity contribution in [2.45, 2.75) is 11.6 Å². The summed E-state index contributed by atoms with van der Waals surface area (Å²) in [6.07, 6.45) is 0.174. The second kappa shape index (κ2) is 3.80. The first kappa shape index (κ1) is 10.5. The summed E-state index contributed by atoms with van der Waals surface area (Å²) in [5.74, 6) is -3.68. The number of carbonyl (C=O) groups is 1. The van der Waals surface area contributed by atoms with Crippen LogP contribution in [0.25, 0.3) is 0 Å². The minimum absolute atomic E-state index is 0.174. The maximum atomic E-state index is 12.3. The van der Waals surface area contributed by atoms with Crippen molar-refractivity contribution < 1.29 is 18.0 Å². The van der Waals surface area contributed by atoms with Gasteiger partial charge in [-0.3, -0.25) is 4.79 Å². The standard InChI is InChI=1S/C5H7ClF3NO/c1-10(3-11)2-5(8,9)4(6)7/h3-4H,2H2,1H3. The van der Waals surface area contributed by atoms with E-state index < -0.39 is 18.1 Å². The molecule has 6 heteroatoms. The highest BCUT2D eigenvalue weighted by atomic mass is 35.5.